The molecule has 92 valence electrons. The molecular formula is C10H6ClN3O2S2. The van der Waals surface area contributed by atoms with Gasteiger partial charge in [-0.1, -0.05) is 23.4 Å². The van der Waals surface area contributed by atoms with E-state index >= 15 is 0 Å². The van der Waals surface area contributed by atoms with Gasteiger partial charge in [-0.05, 0) is 23.7 Å². The summed E-state index contributed by atoms with van der Waals surface area (Å²) in [7, 11) is 0. The first-order chi connectivity index (χ1) is 8.65. The molecule has 0 fully saturated rings. The fourth-order valence-electron chi connectivity index (χ4n) is 1.63. The van der Waals surface area contributed by atoms with Crippen LogP contribution in [-0.2, 0) is 4.79 Å². The van der Waals surface area contributed by atoms with Crippen LogP contribution in [0.15, 0.2) is 27.7 Å². The highest BCUT2D eigenvalue weighted by Gasteiger charge is 2.29. The fraction of sp³-hybridized carbons (Fsp3) is 0.100. The molecule has 1 aliphatic rings. The van der Waals surface area contributed by atoms with E-state index in [1.165, 1.54) is 29.6 Å². The van der Waals surface area contributed by atoms with Crippen molar-refractivity contribution in [3.63, 3.8) is 0 Å². The van der Waals surface area contributed by atoms with E-state index in [0.717, 1.165) is 9.24 Å². The second-order valence-corrected chi connectivity index (χ2v) is 6.05. The number of carbonyl (C=O) groups excluding carboxylic acids is 1. The van der Waals surface area contributed by atoms with Gasteiger partial charge in [-0.25, -0.2) is 4.98 Å². The Bertz CT molecular complexity index is 618. The average molecular weight is 300 g/mol. The van der Waals surface area contributed by atoms with E-state index in [9.17, 15) is 9.90 Å². The SMILES string of the molecule is O=C1Nc2cc(Sc3ncns3)c(Cl)cc2C1O. The van der Waals surface area contributed by atoms with Crippen molar-refractivity contribution in [2.24, 2.45) is 0 Å². The van der Waals surface area contributed by atoms with E-state index in [1.54, 1.807) is 12.1 Å². The number of rotatable bonds is 2. The van der Waals surface area contributed by atoms with Gasteiger partial charge in [0.1, 0.15) is 6.33 Å². The number of aromatic nitrogens is 2. The number of amides is 1. The average Bonchev–Trinajstić information content (AvgIpc) is 2.92. The molecule has 0 saturated carbocycles. The van der Waals surface area contributed by atoms with Gasteiger partial charge in [0.2, 0.25) is 0 Å². The van der Waals surface area contributed by atoms with Crippen LogP contribution in [0.3, 0.4) is 0 Å². The van der Waals surface area contributed by atoms with E-state index < -0.39 is 12.0 Å². The van der Waals surface area contributed by atoms with E-state index in [0.29, 0.717) is 16.3 Å². The molecule has 1 unspecified atom stereocenters. The zero-order valence-corrected chi connectivity index (χ0v) is 11.1. The normalized spacial score (nSPS) is 17.7. The predicted octanol–water partition coefficient (Wildman–Crippen LogP) is 2.33. The molecule has 5 nitrogen and oxygen atoms in total. The lowest BCUT2D eigenvalue weighted by atomic mass is 10.1. The van der Waals surface area contributed by atoms with Crippen molar-refractivity contribution in [2.75, 3.05) is 5.32 Å². The molecule has 2 heterocycles. The van der Waals surface area contributed by atoms with E-state index in [2.05, 4.69) is 14.7 Å². The Balaban J connectivity index is 1.98. The van der Waals surface area contributed by atoms with Gasteiger partial charge in [-0.2, -0.15) is 4.37 Å². The summed E-state index contributed by atoms with van der Waals surface area (Å²) in [5, 5.41) is 12.7. The number of anilines is 1. The van der Waals surface area contributed by atoms with Gasteiger partial charge in [0, 0.05) is 16.1 Å². The number of benzene rings is 1. The predicted molar refractivity (Wildman–Crippen MR) is 69.1 cm³/mol. The minimum atomic E-state index is -1.14. The maximum absolute atomic E-state index is 11.3. The lowest BCUT2D eigenvalue weighted by Crippen LogP contribution is -2.10. The lowest BCUT2D eigenvalue weighted by molar-refractivity contribution is -0.123. The molecule has 0 bridgehead atoms. The standard InChI is InChI=1S/C10H6ClN3O2S2/c11-5-1-4-6(14-9(16)8(4)15)2-7(5)17-10-12-3-13-18-10/h1-3,8,15H,(H,14,16). The second kappa shape index (κ2) is 4.51. The first-order valence-corrected chi connectivity index (χ1v) is 6.89. The molecule has 0 radical (unpaired) electrons. The third-order valence-corrected chi connectivity index (χ3v) is 4.64. The Kier molecular flexibility index (Phi) is 2.98. The number of aliphatic hydroxyl groups is 1. The van der Waals surface area contributed by atoms with Crippen molar-refractivity contribution < 1.29 is 9.90 Å². The Hall–Kier alpha value is -1.15. The Morgan fingerprint density at radius 3 is 3.06 bits per heavy atom. The smallest absolute Gasteiger partial charge is 0.257 e. The largest absolute Gasteiger partial charge is 0.378 e. The molecular weight excluding hydrogens is 294 g/mol. The summed E-state index contributed by atoms with van der Waals surface area (Å²) < 4.78 is 4.67. The zero-order valence-electron chi connectivity index (χ0n) is 8.75. The van der Waals surface area contributed by atoms with Gasteiger partial charge in [-0.3, -0.25) is 4.79 Å². The first-order valence-electron chi connectivity index (χ1n) is 4.92. The molecule has 0 aliphatic carbocycles. The van der Waals surface area contributed by atoms with Crippen LogP contribution in [0.4, 0.5) is 5.69 Å². The third kappa shape index (κ3) is 1.99. The van der Waals surface area contributed by atoms with Gasteiger partial charge in [0.05, 0.1) is 5.02 Å². The Morgan fingerprint density at radius 1 is 1.50 bits per heavy atom. The van der Waals surface area contributed by atoms with Crippen molar-refractivity contribution in [1.29, 1.82) is 0 Å². The molecule has 1 aromatic heterocycles. The molecule has 1 aromatic carbocycles. The van der Waals surface area contributed by atoms with Crippen LogP contribution in [0, 0.1) is 0 Å². The number of carbonyl (C=O) groups is 1. The quantitative estimate of drug-likeness (QED) is 0.890. The van der Waals surface area contributed by atoms with Gasteiger partial charge < -0.3 is 10.4 Å². The third-order valence-electron chi connectivity index (χ3n) is 2.44. The summed E-state index contributed by atoms with van der Waals surface area (Å²) in [5.41, 5.74) is 1.09. The van der Waals surface area contributed by atoms with Crippen LogP contribution in [0.25, 0.3) is 0 Å². The minimum Gasteiger partial charge on any atom is -0.378 e. The Morgan fingerprint density at radius 2 is 2.33 bits per heavy atom. The van der Waals surface area contributed by atoms with Gasteiger partial charge in [-0.15, -0.1) is 0 Å². The van der Waals surface area contributed by atoms with Crippen LogP contribution < -0.4 is 5.32 Å². The molecule has 8 heteroatoms. The second-order valence-electron chi connectivity index (χ2n) is 3.57. The molecule has 18 heavy (non-hydrogen) atoms. The lowest BCUT2D eigenvalue weighted by Gasteiger charge is -2.06. The molecule has 3 rings (SSSR count). The van der Waals surface area contributed by atoms with Crippen LogP contribution in [0.5, 0.6) is 0 Å². The molecule has 1 amide bonds. The van der Waals surface area contributed by atoms with E-state index in [-0.39, 0.29) is 0 Å². The first kappa shape index (κ1) is 11.9. The summed E-state index contributed by atoms with van der Waals surface area (Å²) in [6, 6.07) is 3.33. The zero-order chi connectivity index (χ0) is 12.7. The van der Waals surface area contributed by atoms with Gasteiger partial charge >= 0.3 is 0 Å². The summed E-state index contributed by atoms with van der Waals surface area (Å²) in [6.07, 6.45) is 0.331. The molecule has 1 atom stereocenters. The number of nitrogens with one attached hydrogen (secondary N) is 1. The molecule has 2 N–H and O–H groups in total. The van der Waals surface area contributed by atoms with Crippen molar-refractivity contribution in [2.45, 2.75) is 15.3 Å². The number of hydrogen-bond donors (Lipinski definition) is 2. The maximum Gasteiger partial charge on any atom is 0.257 e. The highest BCUT2D eigenvalue weighted by atomic mass is 35.5. The van der Waals surface area contributed by atoms with Crippen LogP contribution >= 0.6 is 34.9 Å². The molecule has 0 spiro atoms. The summed E-state index contributed by atoms with van der Waals surface area (Å²) in [5.74, 6) is -0.431. The van der Waals surface area contributed by atoms with Gasteiger partial charge in [0.15, 0.2) is 10.4 Å². The van der Waals surface area contributed by atoms with Crippen LogP contribution in [0.2, 0.25) is 5.02 Å². The van der Waals surface area contributed by atoms with E-state index in [1.807, 2.05) is 0 Å². The van der Waals surface area contributed by atoms with Crippen molar-refractivity contribution in [3.8, 4) is 0 Å². The maximum atomic E-state index is 11.3. The summed E-state index contributed by atoms with van der Waals surface area (Å²) >= 11 is 8.76. The summed E-state index contributed by atoms with van der Waals surface area (Å²) in [4.78, 5) is 16.2. The number of hydrogen-bond acceptors (Lipinski definition) is 6. The fourth-order valence-corrected chi connectivity index (χ4v) is 3.36. The van der Waals surface area contributed by atoms with Crippen molar-refractivity contribution in [1.82, 2.24) is 9.36 Å². The van der Waals surface area contributed by atoms with Crippen LogP contribution in [0.1, 0.15) is 11.7 Å². The topological polar surface area (TPSA) is 75.1 Å². The van der Waals surface area contributed by atoms with Crippen LogP contribution in [-0.4, -0.2) is 20.4 Å². The highest BCUT2D eigenvalue weighted by Crippen LogP contribution is 2.41. The number of halogens is 1. The number of fused-ring (bicyclic) bond motifs is 1. The molecule has 2 aromatic rings. The van der Waals surface area contributed by atoms with Crippen molar-refractivity contribution >= 4 is 46.5 Å². The number of aliphatic hydroxyl groups excluding tert-OH is 1. The van der Waals surface area contributed by atoms with Gasteiger partial charge in [0.25, 0.3) is 5.91 Å². The minimum absolute atomic E-state index is 0.431. The summed E-state index contributed by atoms with van der Waals surface area (Å²) in [6.45, 7) is 0. The highest BCUT2D eigenvalue weighted by molar-refractivity contribution is 8.01. The monoisotopic (exact) mass is 299 g/mol. The molecule has 1 aliphatic heterocycles. The molecule has 0 saturated heterocycles. The van der Waals surface area contributed by atoms with E-state index in [4.69, 9.17) is 11.6 Å². The number of nitrogens with zero attached hydrogens (tertiary/aromatic N) is 2. The Labute approximate surface area is 115 Å². The van der Waals surface area contributed by atoms with Crippen molar-refractivity contribution in [3.05, 3.63) is 29.0 Å².